The SMILES string of the molecule is COC(C)(C)CC(NC(=O)OCC1c2ccccc2-c2ccccc21)C(=O)NC(C)(CO)C(=O)O. The molecule has 0 fully saturated rings. The predicted molar refractivity (Wildman–Crippen MR) is 129 cm³/mol. The number of carbonyl (C=O) groups is 3. The van der Waals surface area contributed by atoms with Gasteiger partial charge in [0, 0.05) is 19.4 Å². The summed E-state index contributed by atoms with van der Waals surface area (Å²) in [5.74, 6) is -2.33. The molecule has 35 heavy (non-hydrogen) atoms. The number of ether oxygens (including phenoxy) is 2. The number of methoxy groups -OCH3 is 1. The van der Waals surface area contributed by atoms with Crippen LogP contribution in [0.1, 0.15) is 44.2 Å². The van der Waals surface area contributed by atoms with Gasteiger partial charge in [0.15, 0.2) is 5.54 Å². The molecule has 0 saturated heterocycles. The van der Waals surface area contributed by atoms with Crippen LogP contribution in [0, 0.1) is 0 Å². The van der Waals surface area contributed by atoms with Crippen molar-refractivity contribution in [1.29, 1.82) is 0 Å². The number of aliphatic hydroxyl groups excluding tert-OH is 1. The standard InChI is InChI=1S/C26H32N2O7/c1-25(2,34-4)13-21(22(30)28-26(3,15-29)23(31)32)27-24(33)35-14-20-18-11-7-5-9-16(18)17-10-6-8-12-19(17)20/h5-12,20-21,29H,13-15H2,1-4H3,(H,27,33)(H,28,30)(H,31,32). The number of amides is 2. The molecule has 188 valence electrons. The maximum atomic E-state index is 12.9. The first kappa shape index (κ1) is 26.2. The van der Waals surface area contributed by atoms with Gasteiger partial charge in [-0.3, -0.25) is 4.79 Å². The maximum absolute atomic E-state index is 12.9. The topological polar surface area (TPSA) is 134 Å². The predicted octanol–water partition coefficient (Wildman–Crippen LogP) is 2.66. The Hall–Kier alpha value is -3.43. The van der Waals surface area contributed by atoms with E-state index in [0.717, 1.165) is 22.3 Å². The van der Waals surface area contributed by atoms with Crippen molar-refractivity contribution in [3.05, 3.63) is 59.7 Å². The maximum Gasteiger partial charge on any atom is 0.407 e. The summed E-state index contributed by atoms with van der Waals surface area (Å²) in [4.78, 5) is 37.2. The Labute approximate surface area is 204 Å². The van der Waals surface area contributed by atoms with Crippen LogP contribution < -0.4 is 10.6 Å². The molecule has 1 aliphatic rings. The van der Waals surface area contributed by atoms with Crippen LogP contribution in [-0.4, -0.2) is 65.7 Å². The summed E-state index contributed by atoms with van der Waals surface area (Å²) in [6.45, 7) is 3.88. The van der Waals surface area contributed by atoms with E-state index in [9.17, 15) is 24.6 Å². The lowest BCUT2D eigenvalue weighted by molar-refractivity contribution is -0.149. The van der Waals surface area contributed by atoms with Crippen molar-refractivity contribution in [2.75, 3.05) is 20.3 Å². The number of nitrogens with one attached hydrogen (secondary N) is 2. The second-order valence-electron chi connectivity index (χ2n) is 9.48. The number of aliphatic carboxylic acids is 1. The molecule has 0 spiro atoms. The van der Waals surface area contributed by atoms with Crippen LogP contribution in [0.15, 0.2) is 48.5 Å². The van der Waals surface area contributed by atoms with Crippen LogP contribution >= 0.6 is 0 Å². The Morgan fingerprint density at radius 3 is 2.03 bits per heavy atom. The number of fused-ring (bicyclic) bond motifs is 3. The normalized spacial score (nSPS) is 15.3. The lowest BCUT2D eigenvalue weighted by Gasteiger charge is -2.31. The van der Waals surface area contributed by atoms with Gasteiger partial charge >= 0.3 is 12.1 Å². The fourth-order valence-electron chi connectivity index (χ4n) is 4.09. The molecule has 2 unspecified atom stereocenters. The molecule has 9 nitrogen and oxygen atoms in total. The van der Waals surface area contributed by atoms with Crippen molar-refractivity contribution >= 4 is 18.0 Å². The number of carbonyl (C=O) groups excluding carboxylic acids is 2. The van der Waals surface area contributed by atoms with E-state index in [0.29, 0.717) is 0 Å². The van der Waals surface area contributed by atoms with Crippen LogP contribution in [0.3, 0.4) is 0 Å². The zero-order chi connectivity index (χ0) is 25.8. The number of aliphatic hydroxyl groups is 1. The summed E-state index contributed by atoms with van der Waals surface area (Å²) in [5, 5.41) is 23.7. The van der Waals surface area contributed by atoms with Gasteiger partial charge in [-0.1, -0.05) is 48.5 Å². The molecule has 2 atom stereocenters. The van der Waals surface area contributed by atoms with E-state index in [1.54, 1.807) is 13.8 Å². The summed E-state index contributed by atoms with van der Waals surface area (Å²) in [6.07, 6.45) is -0.777. The fraction of sp³-hybridized carbons (Fsp3) is 0.423. The Balaban J connectivity index is 1.73. The zero-order valence-corrected chi connectivity index (χ0v) is 20.3. The van der Waals surface area contributed by atoms with E-state index in [1.807, 2.05) is 48.5 Å². The third kappa shape index (κ3) is 5.80. The minimum atomic E-state index is -1.91. The van der Waals surface area contributed by atoms with Crippen LogP contribution in [0.2, 0.25) is 0 Å². The van der Waals surface area contributed by atoms with E-state index < -0.39 is 41.8 Å². The van der Waals surface area contributed by atoms with Crippen LogP contribution in [-0.2, 0) is 19.1 Å². The van der Waals surface area contributed by atoms with Gasteiger partial charge in [0.1, 0.15) is 12.6 Å². The second kappa shape index (κ2) is 10.5. The van der Waals surface area contributed by atoms with Gasteiger partial charge in [0.05, 0.1) is 12.2 Å². The second-order valence-corrected chi connectivity index (χ2v) is 9.48. The zero-order valence-electron chi connectivity index (χ0n) is 20.3. The van der Waals surface area contributed by atoms with Gasteiger partial charge in [0.2, 0.25) is 5.91 Å². The number of hydrogen-bond acceptors (Lipinski definition) is 6. The summed E-state index contributed by atoms with van der Waals surface area (Å²) in [7, 11) is 1.47. The van der Waals surface area contributed by atoms with Crippen molar-refractivity contribution < 1.29 is 34.1 Å². The minimum absolute atomic E-state index is 0.0423. The first-order chi connectivity index (χ1) is 16.5. The number of carboxylic acid groups (broad SMARTS) is 1. The molecule has 0 aliphatic heterocycles. The lowest BCUT2D eigenvalue weighted by atomic mass is 9.96. The first-order valence-electron chi connectivity index (χ1n) is 11.3. The molecule has 9 heteroatoms. The van der Waals surface area contributed by atoms with Gasteiger partial charge in [-0.05, 0) is 43.0 Å². The molecule has 0 bridgehead atoms. The number of hydrogen-bond donors (Lipinski definition) is 4. The highest BCUT2D eigenvalue weighted by Gasteiger charge is 2.38. The third-order valence-electron chi connectivity index (χ3n) is 6.39. The van der Waals surface area contributed by atoms with Crippen LogP contribution in [0.25, 0.3) is 11.1 Å². The van der Waals surface area contributed by atoms with E-state index in [-0.39, 0.29) is 18.9 Å². The van der Waals surface area contributed by atoms with Crippen molar-refractivity contribution in [3.8, 4) is 11.1 Å². The Kier molecular flexibility index (Phi) is 7.82. The summed E-state index contributed by atoms with van der Waals surface area (Å²) in [6, 6.07) is 14.7. The van der Waals surface area contributed by atoms with E-state index >= 15 is 0 Å². The van der Waals surface area contributed by atoms with Crippen molar-refractivity contribution in [1.82, 2.24) is 10.6 Å². The molecular weight excluding hydrogens is 452 g/mol. The molecule has 0 saturated carbocycles. The van der Waals surface area contributed by atoms with Gasteiger partial charge in [0.25, 0.3) is 0 Å². The quantitative estimate of drug-likeness (QED) is 0.407. The molecule has 0 heterocycles. The molecule has 4 N–H and O–H groups in total. The third-order valence-corrected chi connectivity index (χ3v) is 6.39. The number of rotatable bonds is 10. The van der Waals surface area contributed by atoms with Crippen molar-refractivity contribution in [2.24, 2.45) is 0 Å². The van der Waals surface area contributed by atoms with Gasteiger partial charge < -0.3 is 30.3 Å². The number of alkyl carbamates (subject to hydrolysis) is 1. The highest BCUT2D eigenvalue weighted by molar-refractivity contribution is 5.91. The highest BCUT2D eigenvalue weighted by atomic mass is 16.5. The largest absolute Gasteiger partial charge is 0.479 e. The van der Waals surface area contributed by atoms with Crippen LogP contribution in [0.5, 0.6) is 0 Å². The first-order valence-corrected chi connectivity index (χ1v) is 11.3. The number of carboxylic acids is 1. The molecule has 0 radical (unpaired) electrons. The van der Waals surface area contributed by atoms with Crippen LogP contribution in [0.4, 0.5) is 4.79 Å². The molecule has 0 aromatic heterocycles. The summed E-state index contributed by atoms with van der Waals surface area (Å²) in [5.41, 5.74) is 1.57. The lowest BCUT2D eigenvalue weighted by Crippen LogP contribution is -2.60. The summed E-state index contributed by atoms with van der Waals surface area (Å²) < 4.78 is 10.9. The Morgan fingerprint density at radius 1 is 1.00 bits per heavy atom. The average Bonchev–Trinajstić information content (AvgIpc) is 3.15. The highest BCUT2D eigenvalue weighted by Crippen LogP contribution is 2.44. The number of benzene rings is 2. The molecule has 1 aliphatic carbocycles. The molecule has 2 aromatic carbocycles. The Bertz CT molecular complexity index is 1060. The molecule has 3 rings (SSSR count). The smallest absolute Gasteiger partial charge is 0.407 e. The fourth-order valence-corrected chi connectivity index (χ4v) is 4.09. The minimum Gasteiger partial charge on any atom is -0.479 e. The van der Waals surface area contributed by atoms with Gasteiger partial charge in [-0.25, -0.2) is 9.59 Å². The average molecular weight is 485 g/mol. The monoisotopic (exact) mass is 484 g/mol. The summed E-state index contributed by atoms with van der Waals surface area (Å²) >= 11 is 0. The van der Waals surface area contributed by atoms with Crippen molar-refractivity contribution in [3.63, 3.8) is 0 Å². The Morgan fingerprint density at radius 2 is 1.54 bits per heavy atom. The molecular formula is C26H32N2O7. The van der Waals surface area contributed by atoms with Gasteiger partial charge in [-0.15, -0.1) is 0 Å². The van der Waals surface area contributed by atoms with E-state index in [1.165, 1.54) is 14.0 Å². The molecule has 2 aromatic rings. The molecule has 2 amide bonds. The van der Waals surface area contributed by atoms with E-state index in [4.69, 9.17) is 9.47 Å². The van der Waals surface area contributed by atoms with Crippen molar-refractivity contribution in [2.45, 2.75) is 50.3 Å². The van der Waals surface area contributed by atoms with Gasteiger partial charge in [-0.2, -0.15) is 0 Å². The van der Waals surface area contributed by atoms with E-state index in [2.05, 4.69) is 10.6 Å².